The number of carbonyl (C=O) groups excluding carboxylic acids is 1. The predicted molar refractivity (Wildman–Crippen MR) is 209 cm³/mol. The Morgan fingerprint density at radius 1 is 0.793 bits per heavy atom. The van der Waals surface area contributed by atoms with Crippen LogP contribution in [0.25, 0.3) is 0 Å². The van der Waals surface area contributed by atoms with Crippen LogP contribution in [0.15, 0.2) is 54.6 Å². The van der Waals surface area contributed by atoms with Gasteiger partial charge in [-0.1, -0.05) is 42.5 Å². The Labute approximate surface area is 335 Å². The molecule has 2 saturated heterocycles. The molecule has 0 radical (unpaired) electrons. The lowest BCUT2D eigenvalue weighted by atomic mass is 9.47. The van der Waals surface area contributed by atoms with Crippen LogP contribution >= 0.6 is 0 Å². The molecular formula is C46H48N4O8. The number of alkyl carbamates (subject to hydrolysis) is 1. The molecule has 3 aromatic carbocycles. The fourth-order valence-electron chi connectivity index (χ4n) is 13.8. The number of carbonyl (C=O) groups is 1. The van der Waals surface area contributed by atoms with Crippen LogP contribution in [0.5, 0.6) is 23.0 Å². The van der Waals surface area contributed by atoms with Crippen molar-refractivity contribution in [2.24, 2.45) is 5.92 Å². The zero-order chi connectivity index (χ0) is 38.9. The van der Waals surface area contributed by atoms with Crippen LogP contribution in [0.1, 0.15) is 88.2 Å². The Morgan fingerprint density at radius 3 is 1.95 bits per heavy atom. The number of amides is 1. The summed E-state index contributed by atoms with van der Waals surface area (Å²) in [5.74, 6) is 1.78. The van der Waals surface area contributed by atoms with E-state index in [9.17, 15) is 25.2 Å². The Balaban J connectivity index is 0.895. The van der Waals surface area contributed by atoms with Crippen LogP contribution in [-0.4, -0.2) is 97.3 Å². The maximum atomic E-state index is 13.7. The molecular weight excluding hydrogens is 737 g/mol. The van der Waals surface area contributed by atoms with Crippen LogP contribution in [0.4, 0.5) is 4.79 Å². The summed E-state index contributed by atoms with van der Waals surface area (Å²) in [6, 6.07) is 16.6. The highest BCUT2D eigenvalue weighted by molar-refractivity contribution is 5.69. The Bertz CT molecular complexity index is 2450. The van der Waals surface area contributed by atoms with Crippen LogP contribution in [0.3, 0.4) is 0 Å². The van der Waals surface area contributed by atoms with Gasteiger partial charge in [-0.2, -0.15) is 0 Å². The third-order valence-corrected chi connectivity index (χ3v) is 16.4. The largest absolute Gasteiger partial charge is 0.504 e. The first-order valence-corrected chi connectivity index (χ1v) is 21.3. The number of phenolic OH excluding ortho intramolecular Hbond substituents is 2. The van der Waals surface area contributed by atoms with Crippen molar-refractivity contribution in [2.45, 2.75) is 104 Å². The maximum absolute atomic E-state index is 13.7. The first-order valence-electron chi connectivity index (χ1n) is 21.3. The van der Waals surface area contributed by atoms with Crippen molar-refractivity contribution < 1.29 is 39.4 Å². The normalized spacial score (nSPS) is 35.2. The van der Waals surface area contributed by atoms with Gasteiger partial charge in [-0.25, -0.2) is 4.79 Å². The first kappa shape index (κ1) is 34.1. The molecule has 12 heteroatoms. The number of aromatic amines is 1. The molecule has 0 unspecified atom stereocenters. The minimum Gasteiger partial charge on any atom is -0.504 e. The number of nitrogens with zero attached hydrogens (tertiary/aromatic N) is 2. The number of phenols is 2. The zero-order valence-electron chi connectivity index (χ0n) is 32.3. The summed E-state index contributed by atoms with van der Waals surface area (Å²) in [5, 5.41) is 52.8. The van der Waals surface area contributed by atoms with E-state index in [1.165, 1.54) is 12.8 Å². The number of hydrogen-bond acceptors (Lipinski definition) is 10. The number of ether oxygens (including phenoxy) is 3. The van der Waals surface area contributed by atoms with Crippen LogP contribution in [-0.2, 0) is 47.9 Å². The molecule has 12 nitrogen and oxygen atoms in total. The first-order chi connectivity index (χ1) is 28.1. The number of aromatic nitrogens is 1. The van der Waals surface area contributed by atoms with Crippen molar-refractivity contribution in [1.29, 1.82) is 0 Å². The summed E-state index contributed by atoms with van der Waals surface area (Å²) in [6.07, 6.45) is 4.12. The SMILES string of the molecule is O=C(NCCN1CC[C@]23c4c5ccc(O)c4O[C@H]2c2[nH]c4c(c2C[C@@]3(O)[C@H]1C5)C[C@@]1(O)[C@H]2Cc3ccc(O)c5c3[C@@]1(CCN2CC1CC1)[C@H]4O5)OCc1ccccc1. The Hall–Kier alpha value is -4.75. The van der Waals surface area contributed by atoms with Crippen molar-refractivity contribution in [1.82, 2.24) is 20.1 Å². The molecule has 58 heavy (non-hydrogen) atoms. The fraction of sp³-hybridized carbons (Fsp3) is 0.500. The smallest absolute Gasteiger partial charge is 0.407 e. The molecule has 5 aliphatic carbocycles. The molecule has 4 aliphatic heterocycles. The molecule has 4 aromatic rings. The van der Waals surface area contributed by atoms with Gasteiger partial charge in [0, 0.05) is 55.7 Å². The molecule has 2 spiro atoms. The molecule has 3 fully saturated rings. The van der Waals surface area contributed by atoms with E-state index in [0.29, 0.717) is 75.6 Å². The summed E-state index contributed by atoms with van der Waals surface area (Å²) in [7, 11) is 0. The van der Waals surface area contributed by atoms with E-state index in [0.717, 1.165) is 63.4 Å². The Kier molecular flexibility index (Phi) is 6.65. The Morgan fingerprint density at radius 2 is 1.36 bits per heavy atom. The van der Waals surface area contributed by atoms with Crippen molar-refractivity contribution in [3.05, 3.63) is 105 Å². The number of aromatic hydroxyl groups is 2. The topological polar surface area (TPSA) is 160 Å². The van der Waals surface area contributed by atoms with Crippen molar-refractivity contribution in [3.8, 4) is 23.0 Å². The van der Waals surface area contributed by atoms with E-state index in [1.54, 1.807) is 12.1 Å². The van der Waals surface area contributed by atoms with Crippen LogP contribution in [0.2, 0.25) is 0 Å². The monoisotopic (exact) mass is 784 g/mol. The van der Waals surface area contributed by atoms with Gasteiger partial charge in [-0.3, -0.25) is 9.80 Å². The highest BCUT2D eigenvalue weighted by Gasteiger charge is 2.76. The number of H-pyrrole nitrogens is 1. The molecule has 1 saturated carbocycles. The zero-order valence-corrected chi connectivity index (χ0v) is 32.3. The second kappa shape index (κ2) is 11.3. The third-order valence-electron chi connectivity index (χ3n) is 16.4. The lowest BCUT2D eigenvalue weighted by Gasteiger charge is -2.63. The quantitative estimate of drug-likeness (QED) is 0.159. The van der Waals surface area contributed by atoms with Crippen LogP contribution in [0, 0.1) is 5.92 Å². The van der Waals surface area contributed by atoms with Crippen molar-refractivity contribution in [3.63, 3.8) is 0 Å². The highest BCUT2D eigenvalue weighted by Crippen LogP contribution is 2.72. The van der Waals surface area contributed by atoms with Gasteiger partial charge in [-0.15, -0.1) is 0 Å². The summed E-state index contributed by atoms with van der Waals surface area (Å²) in [5.41, 5.74) is 4.71. The molecule has 5 heterocycles. The van der Waals surface area contributed by atoms with E-state index in [2.05, 4.69) is 20.1 Å². The molecule has 6 N–H and O–H groups in total. The number of likely N-dealkylation sites (tertiary alicyclic amines) is 2. The third kappa shape index (κ3) is 4.03. The van der Waals surface area contributed by atoms with E-state index in [1.807, 2.05) is 42.5 Å². The van der Waals surface area contributed by atoms with E-state index in [4.69, 9.17) is 14.2 Å². The van der Waals surface area contributed by atoms with Crippen LogP contribution < -0.4 is 14.8 Å². The van der Waals surface area contributed by atoms with Gasteiger partial charge in [0.2, 0.25) is 0 Å². The number of hydrogen-bond donors (Lipinski definition) is 6. The second-order valence-electron chi connectivity index (χ2n) is 18.8. The highest BCUT2D eigenvalue weighted by atomic mass is 16.5. The lowest BCUT2D eigenvalue weighted by Crippen LogP contribution is -2.75. The number of aliphatic hydroxyl groups is 2. The molecule has 4 bridgehead atoms. The van der Waals surface area contributed by atoms with E-state index in [-0.39, 0.29) is 30.2 Å². The van der Waals surface area contributed by atoms with E-state index < -0.39 is 40.3 Å². The molecule has 9 aliphatic rings. The minimum absolute atomic E-state index is 0.0724. The van der Waals surface area contributed by atoms with Gasteiger partial charge in [0.15, 0.2) is 35.2 Å². The van der Waals surface area contributed by atoms with Gasteiger partial charge in [0.05, 0.1) is 33.4 Å². The molecule has 8 atom stereocenters. The maximum Gasteiger partial charge on any atom is 0.407 e. The fourth-order valence-corrected chi connectivity index (χ4v) is 13.8. The lowest BCUT2D eigenvalue weighted by molar-refractivity contribution is -0.175. The summed E-state index contributed by atoms with van der Waals surface area (Å²) >= 11 is 0. The number of fused-ring (bicyclic) bond motifs is 5. The van der Waals surface area contributed by atoms with Gasteiger partial charge in [-0.05, 0) is 97.5 Å². The van der Waals surface area contributed by atoms with Gasteiger partial charge in [0.25, 0.3) is 0 Å². The van der Waals surface area contributed by atoms with Gasteiger partial charge >= 0.3 is 6.09 Å². The number of piperidine rings is 2. The van der Waals surface area contributed by atoms with Crippen molar-refractivity contribution in [2.75, 3.05) is 32.7 Å². The molecule has 300 valence electrons. The van der Waals surface area contributed by atoms with Crippen molar-refractivity contribution >= 4 is 6.09 Å². The minimum atomic E-state index is -1.29. The number of benzene rings is 3. The average molecular weight is 785 g/mol. The molecule has 1 aromatic heterocycles. The average Bonchev–Trinajstić information content (AvgIpc) is 3.71. The predicted octanol–water partition coefficient (Wildman–Crippen LogP) is 4.34. The standard InChI is InChI=1S/C46H48N4O8/c51-30-10-8-26-18-32-45(54)20-28-29-21-46(55)33-19-27-9-11-31(52)39-35(27)44(46,13-16-50(33)22-24-6-7-24)41(58-39)37(29)48-36(28)40-43(45,34(26)38(30)57-40)12-15-49(32)17-14-47-42(53)56-23-25-4-2-1-3-5-25/h1-5,8-11,24,32-33,40-41,48,51-52,54-55H,6-7,12-23H2,(H,47,53)/t32-,33-,40+,41+,43+,44+,45-,46-/m1/s1. The molecule has 1 amide bonds. The summed E-state index contributed by atoms with van der Waals surface area (Å²) in [6.45, 7) is 3.57. The summed E-state index contributed by atoms with van der Waals surface area (Å²) in [4.78, 5) is 21.5. The van der Waals surface area contributed by atoms with Gasteiger partial charge < -0.3 is 44.9 Å². The second-order valence-corrected chi connectivity index (χ2v) is 18.8. The van der Waals surface area contributed by atoms with Gasteiger partial charge in [0.1, 0.15) is 6.61 Å². The number of nitrogens with one attached hydrogen (secondary N) is 2. The molecule has 13 rings (SSSR count). The summed E-state index contributed by atoms with van der Waals surface area (Å²) < 4.78 is 19.4. The van der Waals surface area contributed by atoms with E-state index >= 15 is 0 Å². The number of rotatable bonds is 7.